The molecule has 2 rings (SSSR count). The molecule has 0 aliphatic rings. The van der Waals surface area contributed by atoms with Gasteiger partial charge in [0.2, 0.25) is 0 Å². The fourth-order valence-corrected chi connectivity index (χ4v) is 2.98. The number of hydrogen-bond acceptors (Lipinski definition) is 3. The molecule has 1 amide bonds. The highest BCUT2D eigenvalue weighted by Crippen LogP contribution is 2.33. The molecule has 0 aliphatic heterocycles. The van der Waals surface area contributed by atoms with Crippen LogP contribution in [0.5, 0.6) is 11.5 Å². The van der Waals surface area contributed by atoms with Crippen LogP contribution in [0.15, 0.2) is 24.3 Å². The lowest BCUT2D eigenvalue weighted by Crippen LogP contribution is -2.27. The molecular formula is C18H18Cl2FNO3. The molecule has 25 heavy (non-hydrogen) atoms. The summed E-state index contributed by atoms with van der Waals surface area (Å²) in [7, 11) is 3.09. The van der Waals surface area contributed by atoms with Crippen LogP contribution in [0, 0.1) is 12.7 Å². The molecule has 1 atom stereocenters. The molecule has 0 radical (unpaired) electrons. The van der Waals surface area contributed by atoms with Gasteiger partial charge in [-0.3, -0.25) is 4.79 Å². The zero-order chi connectivity index (χ0) is 18.7. The van der Waals surface area contributed by atoms with Crippen LogP contribution in [0.25, 0.3) is 0 Å². The number of halogens is 3. The maximum Gasteiger partial charge on any atom is 0.253 e. The SMILES string of the molecule is COc1cc(C)c(C(C)NC(=O)c2cc(F)c(Cl)cc2Cl)cc1OC. The van der Waals surface area contributed by atoms with Gasteiger partial charge in [0.25, 0.3) is 5.91 Å². The lowest BCUT2D eigenvalue weighted by molar-refractivity contribution is 0.0939. The van der Waals surface area contributed by atoms with Crippen LogP contribution < -0.4 is 14.8 Å². The van der Waals surface area contributed by atoms with Crippen LogP contribution in [0.1, 0.15) is 34.5 Å². The second-order valence-electron chi connectivity index (χ2n) is 5.51. The van der Waals surface area contributed by atoms with E-state index in [-0.39, 0.29) is 21.7 Å². The molecule has 0 spiro atoms. The normalized spacial score (nSPS) is 11.8. The Labute approximate surface area is 155 Å². The Bertz CT molecular complexity index is 811. The molecule has 2 aromatic carbocycles. The summed E-state index contributed by atoms with van der Waals surface area (Å²) >= 11 is 11.7. The highest BCUT2D eigenvalue weighted by Gasteiger charge is 2.19. The summed E-state index contributed by atoms with van der Waals surface area (Å²) in [5.74, 6) is -0.0433. The van der Waals surface area contributed by atoms with Crippen LogP contribution >= 0.6 is 23.2 Å². The molecule has 4 nitrogen and oxygen atoms in total. The molecule has 1 N–H and O–H groups in total. The largest absolute Gasteiger partial charge is 0.493 e. The van der Waals surface area contributed by atoms with Crippen molar-refractivity contribution in [1.82, 2.24) is 5.32 Å². The third kappa shape index (κ3) is 4.17. The van der Waals surface area contributed by atoms with Crippen LogP contribution in [0.3, 0.4) is 0 Å². The summed E-state index contributed by atoms with van der Waals surface area (Å²) in [6.45, 7) is 3.71. The third-order valence-corrected chi connectivity index (χ3v) is 4.44. The van der Waals surface area contributed by atoms with Crippen LogP contribution in [0.2, 0.25) is 10.0 Å². The summed E-state index contributed by atoms with van der Waals surface area (Å²) in [5, 5.41) is 2.75. The van der Waals surface area contributed by atoms with E-state index < -0.39 is 11.7 Å². The summed E-state index contributed by atoms with van der Waals surface area (Å²) < 4.78 is 24.2. The molecule has 0 heterocycles. The molecule has 1 unspecified atom stereocenters. The van der Waals surface area contributed by atoms with Crippen LogP contribution in [-0.2, 0) is 0 Å². The van der Waals surface area contributed by atoms with E-state index in [9.17, 15) is 9.18 Å². The smallest absolute Gasteiger partial charge is 0.253 e. The number of amides is 1. The number of aryl methyl sites for hydroxylation is 1. The fraction of sp³-hybridized carbons (Fsp3) is 0.278. The molecule has 0 aromatic heterocycles. The zero-order valence-electron chi connectivity index (χ0n) is 14.2. The van der Waals surface area contributed by atoms with Gasteiger partial charge in [-0.05, 0) is 49.2 Å². The van der Waals surface area contributed by atoms with Gasteiger partial charge in [0.15, 0.2) is 11.5 Å². The zero-order valence-corrected chi connectivity index (χ0v) is 15.8. The summed E-state index contributed by atoms with van der Waals surface area (Å²) in [5.41, 5.74) is 1.78. The van der Waals surface area contributed by atoms with E-state index in [0.29, 0.717) is 11.5 Å². The van der Waals surface area contributed by atoms with Crippen LogP contribution in [-0.4, -0.2) is 20.1 Å². The van der Waals surface area contributed by atoms with Crippen LogP contribution in [0.4, 0.5) is 4.39 Å². The Morgan fingerprint density at radius 1 is 1.08 bits per heavy atom. The van der Waals surface area contributed by atoms with E-state index in [0.717, 1.165) is 17.2 Å². The number of methoxy groups -OCH3 is 2. The quantitative estimate of drug-likeness (QED) is 0.740. The lowest BCUT2D eigenvalue weighted by atomic mass is 10.0. The summed E-state index contributed by atoms with van der Waals surface area (Å²) in [6, 6.07) is 5.49. The number of hydrogen-bond donors (Lipinski definition) is 1. The average Bonchev–Trinajstić information content (AvgIpc) is 2.57. The van der Waals surface area contributed by atoms with Gasteiger partial charge >= 0.3 is 0 Å². The van der Waals surface area contributed by atoms with E-state index in [1.54, 1.807) is 13.2 Å². The first-order valence-corrected chi connectivity index (χ1v) is 8.22. The Morgan fingerprint density at radius 2 is 1.68 bits per heavy atom. The van der Waals surface area contributed by atoms with E-state index in [1.807, 2.05) is 19.9 Å². The van der Waals surface area contributed by atoms with Gasteiger partial charge < -0.3 is 14.8 Å². The molecule has 7 heteroatoms. The second kappa shape index (κ2) is 7.93. The Kier molecular flexibility index (Phi) is 6.14. The number of rotatable bonds is 5. The number of benzene rings is 2. The first kappa shape index (κ1) is 19.3. The van der Waals surface area contributed by atoms with Gasteiger partial charge in [-0.2, -0.15) is 0 Å². The lowest BCUT2D eigenvalue weighted by Gasteiger charge is -2.19. The fourth-order valence-electron chi connectivity index (χ4n) is 2.51. The topological polar surface area (TPSA) is 47.6 Å². The minimum Gasteiger partial charge on any atom is -0.493 e. The van der Waals surface area contributed by atoms with Gasteiger partial charge in [-0.25, -0.2) is 4.39 Å². The van der Waals surface area contributed by atoms with Crippen molar-refractivity contribution in [3.8, 4) is 11.5 Å². The summed E-state index contributed by atoms with van der Waals surface area (Å²) in [6.07, 6.45) is 0. The van der Waals surface area contributed by atoms with E-state index in [2.05, 4.69) is 5.32 Å². The Balaban J connectivity index is 2.29. The Hall–Kier alpha value is -1.98. The van der Waals surface area contributed by atoms with Crippen molar-refractivity contribution in [3.63, 3.8) is 0 Å². The second-order valence-corrected chi connectivity index (χ2v) is 6.32. The molecule has 0 saturated heterocycles. The standard InChI is InChI=1S/C18H18Cl2FNO3/c1-9-5-16(24-3)17(25-4)7-11(9)10(2)22-18(23)12-6-15(21)14(20)8-13(12)19/h5-8,10H,1-4H3,(H,22,23). The average molecular weight is 386 g/mol. The van der Waals surface area contributed by atoms with E-state index >= 15 is 0 Å². The number of nitrogens with one attached hydrogen (secondary N) is 1. The first-order valence-electron chi connectivity index (χ1n) is 7.46. The predicted molar refractivity (Wildman–Crippen MR) is 96.6 cm³/mol. The number of carbonyl (C=O) groups is 1. The number of ether oxygens (including phenoxy) is 2. The molecule has 2 aromatic rings. The maximum atomic E-state index is 13.6. The highest BCUT2D eigenvalue weighted by molar-refractivity contribution is 6.36. The van der Waals surface area contributed by atoms with Crippen molar-refractivity contribution >= 4 is 29.1 Å². The van der Waals surface area contributed by atoms with Gasteiger partial charge in [0.1, 0.15) is 5.82 Å². The Morgan fingerprint density at radius 3 is 2.28 bits per heavy atom. The van der Waals surface area contributed by atoms with Crippen molar-refractivity contribution < 1.29 is 18.7 Å². The first-order chi connectivity index (χ1) is 11.8. The van der Waals surface area contributed by atoms with Crippen molar-refractivity contribution in [2.24, 2.45) is 0 Å². The van der Waals surface area contributed by atoms with E-state index in [1.165, 1.54) is 13.2 Å². The van der Waals surface area contributed by atoms with E-state index in [4.69, 9.17) is 32.7 Å². The minimum absolute atomic E-state index is 0.0218. The van der Waals surface area contributed by atoms with Gasteiger partial charge in [0, 0.05) is 0 Å². The molecule has 0 fully saturated rings. The van der Waals surface area contributed by atoms with Crippen molar-refractivity contribution in [2.75, 3.05) is 14.2 Å². The van der Waals surface area contributed by atoms with Crippen molar-refractivity contribution in [3.05, 3.63) is 56.8 Å². The maximum absolute atomic E-state index is 13.6. The van der Waals surface area contributed by atoms with Gasteiger partial charge in [-0.15, -0.1) is 0 Å². The predicted octanol–water partition coefficient (Wildman–Crippen LogP) is 4.95. The minimum atomic E-state index is -0.703. The third-order valence-electron chi connectivity index (χ3n) is 3.84. The molecule has 0 saturated carbocycles. The van der Waals surface area contributed by atoms with Crippen molar-refractivity contribution in [1.29, 1.82) is 0 Å². The molecule has 134 valence electrons. The molecule has 0 aliphatic carbocycles. The van der Waals surface area contributed by atoms with Gasteiger partial charge in [0.05, 0.1) is 35.9 Å². The van der Waals surface area contributed by atoms with Crippen molar-refractivity contribution in [2.45, 2.75) is 19.9 Å². The molecule has 0 bridgehead atoms. The summed E-state index contributed by atoms with van der Waals surface area (Å²) in [4.78, 5) is 12.4. The monoisotopic (exact) mass is 385 g/mol. The highest BCUT2D eigenvalue weighted by atomic mass is 35.5. The number of carbonyl (C=O) groups excluding carboxylic acids is 1. The van der Waals surface area contributed by atoms with Gasteiger partial charge in [-0.1, -0.05) is 23.2 Å². The molecular weight excluding hydrogens is 368 g/mol.